The predicted molar refractivity (Wildman–Crippen MR) is 142 cm³/mol. The Kier molecular flexibility index (Phi) is 19.0. The number of aromatic amines is 1. The monoisotopic (exact) mass is 447 g/mol. The van der Waals surface area contributed by atoms with Gasteiger partial charge in [0.15, 0.2) is 0 Å². The number of hydrogen-bond acceptors (Lipinski definition) is 0. The van der Waals surface area contributed by atoms with Gasteiger partial charge in [-0.2, -0.15) is 0 Å². The second-order valence-electron chi connectivity index (χ2n) is 10.6. The Bertz CT molecular complexity index is 505. The first-order valence-electron chi connectivity index (χ1n) is 14.8. The fourth-order valence-electron chi connectivity index (χ4n) is 5.13. The lowest BCUT2D eigenvalue weighted by Gasteiger charge is -2.15. The molecule has 0 spiro atoms. The molecule has 0 bridgehead atoms. The molecule has 1 N–H and O–H groups in total. The zero-order valence-corrected chi connectivity index (χ0v) is 22.6. The first kappa shape index (κ1) is 29.2. The van der Waals surface area contributed by atoms with E-state index in [1.54, 1.807) is 0 Å². The van der Waals surface area contributed by atoms with Crippen molar-refractivity contribution in [2.24, 2.45) is 0 Å². The third kappa shape index (κ3) is 14.4. The van der Waals surface area contributed by atoms with E-state index in [1.807, 2.05) is 0 Å². The number of nitrogens with one attached hydrogen (secondary N) is 1. The molecule has 0 aliphatic rings. The topological polar surface area (TPSA) is 19.7 Å². The SMILES string of the molecule is CCCCCCCCCCCCCC[C@H](CCCCCCCCC)c1[nH]cc[n+]1C(C)C. The summed E-state index contributed by atoms with van der Waals surface area (Å²) in [5, 5.41) is 0. The van der Waals surface area contributed by atoms with Crippen LogP contribution in [0.15, 0.2) is 12.4 Å². The molecule has 0 saturated heterocycles. The van der Waals surface area contributed by atoms with Gasteiger partial charge in [-0.25, -0.2) is 9.55 Å². The van der Waals surface area contributed by atoms with Crippen molar-refractivity contribution in [1.82, 2.24) is 4.98 Å². The van der Waals surface area contributed by atoms with E-state index in [2.05, 4.69) is 49.6 Å². The van der Waals surface area contributed by atoms with Crippen LogP contribution in [0.2, 0.25) is 0 Å². The van der Waals surface area contributed by atoms with Gasteiger partial charge >= 0.3 is 0 Å². The van der Waals surface area contributed by atoms with Gasteiger partial charge in [0.05, 0.1) is 12.0 Å². The Hall–Kier alpha value is -0.790. The van der Waals surface area contributed by atoms with E-state index in [-0.39, 0.29) is 0 Å². The molecule has 188 valence electrons. The van der Waals surface area contributed by atoms with Gasteiger partial charge < -0.3 is 0 Å². The molecular weight excluding hydrogens is 388 g/mol. The van der Waals surface area contributed by atoms with Crippen molar-refractivity contribution >= 4 is 0 Å². The van der Waals surface area contributed by atoms with Crippen LogP contribution < -0.4 is 4.57 Å². The Labute approximate surface area is 202 Å². The third-order valence-electron chi connectivity index (χ3n) is 7.25. The van der Waals surface area contributed by atoms with E-state index in [0.717, 1.165) is 0 Å². The van der Waals surface area contributed by atoms with Gasteiger partial charge in [-0.3, -0.25) is 0 Å². The van der Waals surface area contributed by atoms with Gasteiger partial charge in [0.1, 0.15) is 12.4 Å². The summed E-state index contributed by atoms with van der Waals surface area (Å²) in [5.41, 5.74) is 0. The van der Waals surface area contributed by atoms with Gasteiger partial charge in [-0.1, -0.05) is 136 Å². The highest BCUT2D eigenvalue weighted by Gasteiger charge is 2.23. The van der Waals surface area contributed by atoms with E-state index in [9.17, 15) is 0 Å². The van der Waals surface area contributed by atoms with Crippen molar-refractivity contribution in [3.63, 3.8) is 0 Å². The lowest BCUT2D eigenvalue weighted by atomic mass is 9.93. The number of rotatable bonds is 23. The average Bonchev–Trinajstić information content (AvgIpc) is 3.28. The molecule has 0 amide bonds. The standard InChI is InChI=1S/C30H58N2/c1-5-7-9-11-13-14-15-16-17-19-21-23-25-29(24-22-20-18-12-10-8-6-2)30-31-26-27-32(30)28(3)4/h26-29H,5-25H2,1-4H3/p+1/t29-/m0/s1. The van der Waals surface area contributed by atoms with E-state index in [0.29, 0.717) is 12.0 Å². The van der Waals surface area contributed by atoms with Gasteiger partial charge in [-0.05, 0) is 26.7 Å². The second-order valence-corrected chi connectivity index (χ2v) is 10.6. The fraction of sp³-hybridized carbons (Fsp3) is 0.900. The van der Waals surface area contributed by atoms with Gasteiger partial charge in [0.2, 0.25) is 0 Å². The Morgan fingerprint density at radius 3 is 1.34 bits per heavy atom. The maximum absolute atomic E-state index is 3.61. The minimum atomic E-state index is 0.551. The van der Waals surface area contributed by atoms with E-state index >= 15 is 0 Å². The van der Waals surface area contributed by atoms with Crippen LogP contribution in [0.4, 0.5) is 0 Å². The molecule has 0 fully saturated rings. The van der Waals surface area contributed by atoms with Crippen LogP contribution >= 0.6 is 0 Å². The second kappa shape index (κ2) is 20.8. The van der Waals surface area contributed by atoms with Crippen LogP contribution in [0.1, 0.15) is 180 Å². The van der Waals surface area contributed by atoms with Crippen LogP contribution in [-0.4, -0.2) is 4.98 Å². The number of aromatic nitrogens is 2. The zero-order chi connectivity index (χ0) is 23.3. The van der Waals surface area contributed by atoms with Crippen LogP contribution in [-0.2, 0) is 0 Å². The molecule has 32 heavy (non-hydrogen) atoms. The molecule has 1 atom stereocenters. The largest absolute Gasteiger partial charge is 0.257 e. The summed E-state index contributed by atoms with van der Waals surface area (Å²) in [5.74, 6) is 2.19. The van der Waals surface area contributed by atoms with Crippen LogP contribution in [0.3, 0.4) is 0 Å². The number of nitrogens with zero attached hydrogens (tertiary/aromatic N) is 1. The number of imidazole rings is 1. The summed E-state index contributed by atoms with van der Waals surface area (Å²) in [6.45, 7) is 9.23. The number of hydrogen-bond donors (Lipinski definition) is 1. The van der Waals surface area contributed by atoms with Gasteiger partial charge in [0.25, 0.3) is 5.82 Å². The molecule has 2 heteroatoms. The molecule has 1 rings (SSSR count). The molecule has 0 radical (unpaired) electrons. The summed E-state index contributed by atoms with van der Waals surface area (Å²) in [7, 11) is 0. The van der Waals surface area contributed by atoms with Gasteiger partial charge in [-0.15, -0.1) is 0 Å². The van der Waals surface area contributed by atoms with Gasteiger partial charge in [0, 0.05) is 0 Å². The van der Waals surface area contributed by atoms with Crippen molar-refractivity contribution in [2.75, 3.05) is 0 Å². The minimum absolute atomic E-state index is 0.551. The molecule has 0 unspecified atom stereocenters. The maximum Gasteiger partial charge on any atom is 0.257 e. The third-order valence-corrected chi connectivity index (χ3v) is 7.25. The Balaban J connectivity index is 2.23. The summed E-state index contributed by atoms with van der Waals surface area (Å²) < 4.78 is 2.48. The predicted octanol–water partition coefficient (Wildman–Crippen LogP) is 10.2. The summed E-state index contributed by atoms with van der Waals surface area (Å²) in [6, 6.07) is 0.551. The highest BCUT2D eigenvalue weighted by Crippen LogP contribution is 2.26. The first-order chi connectivity index (χ1) is 15.7. The Morgan fingerprint density at radius 1 is 0.594 bits per heavy atom. The molecule has 0 aliphatic heterocycles. The summed E-state index contributed by atoms with van der Waals surface area (Å²) >= 11 is 0. The lowest BCUT2D eigenvalue weighted by molar-refractivity contribution is -0.723. The molecule has 1 aromatic rings. The maximum atomic E-state index is 3.61. The molecule has 0 saturated carbocycles. The average molecular weight is 448 g/mol. The lowest BCUT2D eigenvalue weighted by Crippen LogP contribution is -2.39. The van der Waals surface area contributed by atoms with Crippen LogP contribution in [0.5, 0.6) is 0 Å². The quantitative estimate of drug-likeness (QED) is 0.127. The minimum Gasteiger partial charge on any atom is -0.247 e. The summed E-state index contributed by atoms with van der Waals surface area (Å²) in [6.07, 6.45) is 34.3. The molecule has 2 nitrogen and oxygen atoms in total. The van der Waals surface area contributed by atoms with E-state index in [4.69, 9.17) is 0 Å². The summed E-state index contributed by atoms with van der Waals surface area (Å²) in [4.78, 5) is 3.61. The highest BCUT2D eigenvalue weighted by molar-refractivity contribution is 4.90. The number of unbranched alkanes of at least 4 members (excludes halogenated alkanes) is 17. The van der Waals surface area contributed by atoms with Crippen LogP contribution in [0, 0.1) is 0 Å². The van der Waals surface area contributed by atoms with E-state index in [1.165, 1.54) is 141 Å². The van der Waals surface area contributed by atoms with E-state index < -0.39 is 0 Å². The smallest absolute Gasteiger partial charge is 0.247 e. The van der Waals surface area contributed by atoms with Crippen molar-refractivity contribution in [3.8, 4) is 0 Å². The molecule has 0 aromatic carbocycles. The molecular formula is C30H59N2+. The first-order valence-corrected chi connectivity index (χ1v) is 14.8. The normalized spacial score (nSPS) is 12.7. The van der Waals surface area contributed by atoms with Crippen molar-refractivity contribution < 1.29 is 4.57 Å². The molecule has 1 heterocycles. The van der Waals surface area contributed by atoms with Crippen molar-refractivity contribution in [3.05, 3.63) is 18.2 Å². The molecule has 0 aliphatic carbocycles. The number of H-pyrrole nitrogens is 1. The van der Waals surface area contributed by atoms with Crippen molar-refractivity contribution in [2.45, 2.75) is 174 Å². The zero-order valence-electron chi connectivity index (χ0n) is 22.6. The molecule has 1 aromatic heterocycles. The fourth-order valence-corrected chi connectivity index (χ4v) is 5.13. The highest BCUT2D eigenvalue weighted by atomic mass is 15.1. The van der Waals surface area contributed by atoms with Crippen LogP contribution in [0.25, 0.3) is 0 Å². The Morgan fingerprint density at radius 2 is 0.969 bits per heavy atom. The van der Waals surface area contributed by atoms with Crippen molar-refractivity contribution in [1.29, 1.82) is 0 Å².